The van der Waals surface area contributed by atoms with Crippen molar-refractivity contribution in [3.05, 3.63) is 89.9 Å². The van der Waals surface area contributed by atoms with Gasteiger partial charge in [-0.25, -0.2) is 0 Å². The lowest BCUT2D eigenvalue weighted by Crippen LogP contribution is -1.91. The number of benzene rings is 2. The van der Waals surface area contributed by atoms with E-state index < -0.39 is 5.95 Å². The van der Waals surface area contributed by atoms with Crippen molar-refractivity contribution in [1.29, 1.82) is 0 Å². The van der Waals surface area contributed by atoms with Gasteiger partial charge in [-0.2, -0.15) is 9.37 Å². The van der Waals surface area contributed by atoms with Crippen molar-refractivity contribution in [2.45, 2.75) is 6.42 Å². The smallest absolute Gasteiger partial charge is 0.221 e. The number of ether oxygens (including phenoxy) is 1. The molecule has 0 bridgehead atoms. The second-order valence-corrected chi connectivity index (χ2v) is 4.71. The van der Waals surface area contributed by atoms with E-state index >= 15 is 0 Å². The van der Waals surface area contributed by atoms with Gasteiger partial charge in [0.05, 0.1) is 0 Å². The molecule has 0 saturated heterocycles. The predicted octanol–water partition coefficient (Wildman–Crippen LogP) is 4.60. The topological polar surface area (TPSA) is 22.1 Å². The van der Waals surface area contributed by atoms with Crippen molar-refractivity contribution >= 4 is 0 Å². The Kier molecular flexibility index (Phi) is 3.92. The molecule has 0 unspecified atom stereocenters. The van der Waals surface area contributed by atoms with E-state index in [9.17, 15) is 4.39 Å². The molecule has 1 heterocycles. The Morgan fingerprint density at radius 3 is 2.19 bits per heavy atom. The average Bonchev–Trinajstić information content (AvgIpc) is 2.50. The maximum atomic E-state index is 13.0. The molecule has 2 aromatic carbocycles. The molecule has 21 heavy (non-hydrogen) atoms. The summed E-state index contributed by atoms with van der Waals surface area (Å²) in [4.78, 5) is 3.67. The van der Waals surface area contributed by atoms with Crippen LogP contribution in [0, 0.1) is 5.95 Å². The number of nitrogens with zero attached hydrogens (tertiary/aromatic N) is 1. The lowest BCUT2D eigenvalue weighted by atomic mass is 10.1. The Morgan fingerprint density at radius 1 is 0.762 bits per heavy atom. The first kappa shape index (κ1) is 13.3. The number of pyridine rings is 1. The van der Waals surface area contributed by atoms with E-state index in [2.05, 4.69) is 17.1 Å². The number of halogens is 1. The van der Waals surface area contributed by atoms with Crippen LogP contribution < -0.4 is 4.74 Å². The molecule has 0 saturated carbocycles. The fourth-order valence-corrected chi connectivity index (χ4v) is 2.07. The van der Waals surface area contributed by atoms with Gasteiger partial charge in [-0.05, 0) is 35.7 Å². The Hall–Kier alpha value is -2.68. The highest BCUT2D eigenvalue weighted by Crippen LogP contribution is 2.20. The quantitative estimate of drug-likeness (QED) is 0.651. The zero-order valence-electron chi connectivity index (χ0n) is 11.4. The van der Waals surface area contributed by atoms with Crippen molar-refractivity contribution in [1.82, 2.24) is 4.98 Å². The first-order valence-corrected chi connectivity index (χ1v) is 6.73. The molecule has 0 spiro atoms. The number of rotatable bonds is 4. The molecule has 0 amide bonds. The summed E-state index contributed by atoms with van der Waals surface area (Å²) in [6.07, 6.45) is 0.874. The van der Waals surface area contributed by atoms with Gasteiger partial charge in [0.25, 0.3) is 0 Å². The highest BCUT2D eigenvalue weighted by Gasteiger charge is 2.01. The van der Waals surface area contributed by atoms with Crippen molar-refractivity contribution in [3.8, 4) is 11.6 Å². The minimum atomic E-state index is -0.548. The third kappa shape index (κ3) is 3.66. The predicted molar refractivity (Wildman–Crippen MR) is 80.0 cm³/mol. The van der Waals surface area contributed by atoms with Crippen LogP contribution in [0.15, 0.2) is 72.8 Å². The van der Waals surface area contributed by atoms with Gasteiger partial charge >= 0.3 is 0 Å². The molecule has 0 aliphatic heterocycles. The first-order valence-electron chi connectivity index (χ1n) is 6.73. The van der Waals surface area contributed by atoms with Gasteiger partial charge in [-0.15, -0.1) is 0 Å². The minimum Gasteiger partial charge on any atom is -0.439 e. The van der Waals surface area contributed by atoms with Gasteiger partial charge in [-0.1, -0.05) is 48.5 Å². The third-order valence-electron chi connectivity index (χ3n) is 3.09. The Labute approximate surface area is 122 Å². The van der Waals surface area contributed by atoms with Gasteiger partial charge in [0.1, 0.15) is 5.75 Å². The molecule has 3 heteroatoms. The summed E-state index contributed by atoms with van der Waals surface area (Å²) < 4.78 is 18.5. The summed E-state index contributed by atoms with van der Waals surface area (Å²) in [5.74, 6) is 0.351. The van der Waals surface area contributed by atoms with Crippen LogP contribution in [-0.2, 0) is 6.42 Å². The SMILES string of the molecule is Fc1cccc(Oc2ccc(Cc3ccccc3)cc2)n1. The molecule has 0 aliphatic carbocycles. The molecule has 0 aliphatic rings. The summed E-state index contributed by atoms with van der Waals surface area (Å²) in [5, 5.41) is 0. The third-order valence-corrected chi connectivity index (χ3v) is 3.09. The normalized spacial score (nSPS) is 10.3. The summed E-state index contributed by atoms with van der Waals surface area (Å²) in [5.41, 5.74) is 2.46. The molecule has 104 valence electrons. The molecule has 1 aromatic heterocycles. The van der Waals surface area contributed by atoms with Crippen LogP contribution in [0.3, 0.4) is 0 Å². The van der Waals surface area contributed by atoms with E-state index in [-0.39, 0.29) is 5.88 Å². The molecular formula is C18H14FNO. The van der Waals surface area contributed by atoms with E-state index in [0.717, 1.165) is 6.42 Å². The van der Waals surface area contributed by atoms with E-state index in [1.807, 2.05) is 42.5 Å². The van der Waals surface area contributed by atoms with Gasteiger partial charge < -0.3 is 4.74 Å². The maximum absolute atomic E-state index is 13.0. The highest BCUT2D eigenvalue weighted by molar-refractivity contribution is 5.33. The van der Waals surface area contributed by atoms with Crippen molar-refractivity contribution in [2.24, 2.45) is 0 Å². The molecule has 3 aromatic rings. The lowest BCUT2D eigenvalue weighted by molar-refractivity contribution is 0.445. The zero-order chi connectivity index (χ0) is 14.5. The lowest BCUT2D eigenvalue weighted by Gasteiger charge is -2.06. The molecule has 0 radical (unpaired) electrons. The molecule has 0 N–H and O–H groups in total. The van der Waals surface area contributed by atoms with Crippen molar-refractivity contribution in [2.75, 3.05) is 0 Å². The van der Waals surface area contributed by atoms with E-state index in [1.165, 1.54) is 17.2 Å². The summed E-state index contributed by atoms with van der Waals surface area (Å²) in [6, 6.07) is 22.5. The fraction of sp³-hybridized carbons (Fsp3) is 0.0556. The van der Waals surface area contributed by atoms with Gasteiger partial charge in [0.2, 0.25) is 11.8 Å². The van der Waals surface area contributed by atoms with Crippen LogP contribution in [0.2, 0.25) is 0 Å². The Morgan fingerprint density at radius 2 is 1.48 bits per heavy atom. The molecule has 3 rings (SSSR count). The van der Waals surface area contributed by atoms with E-state index in [4.69, 9.17) is 4.74 Å². The van der Waals surface area contributed by atoms with Gasteiger partial charge in [0, 0.05) is 6.07 Å². The first-order chi connectivity index (χ1) is 10.3. The number of hydrogen-bond acceptors (Lipinski definition) is 2. The van der Waals surface area contributed by atoms with Gasteiger partial charge in [0.15, 0.2) is 0 Å². The molecule has 0 fully saturated rings. The summed E-state index contributed by atoms with van der Waals surface area (Å²) in [7, 11) is 0. The molecule has 0 atom stereocenters. The average molecular weight is 279 g/mol. The highest BCUT2D eigenvalue weighted by atomic mass is 19.1. The fourth-order valence-electron chi connectivity index (χ4n) is 2.07. The van der Waals surface area contributed by atoms with Crippen LogP contribution >= 0.6 is 0 Å². The van der Waals surface area contributed by atoms with Crippen LogP contribution in [-0.4, -0.2) is 4.98 Å². The monoisotopic (exact) mass is 279 g/mol. The minimum absolute atomic E-state index is 0.255. The molecular weight excluding hydrogens is 265 g/mol. The Bertz CT molecular complexity index is 711. The number of hydrogen-bond donors (Lipinski definition) is 0. The van der Waals surface area contributed by atoms with E-state index in [0.29, 0.717) is 5.75 Å². The van der Waals surface area contributed by atoms with E-state index in [1.54, 1.807) is 12.1 Å². The van der Waals surface area contributed by atoms with Gasteiger partial charge in [-0.3, -0.25) is 0 Å². The Balaban J connectivity index is 1.69. The van der Waals surface area contributed by atoms with Crippen molar-refractivity contribution in [3.63, 3.8) is 0 Å². The largest absolute Gasteiger partial charge is 0.439 e. The standard InChI is InChI=1S/C18H14FNO/c19-17-7-4-8-18(20-17)21-16-11-9-15(10-12-16)13-14-5-2-1-3-6-14/h1-12H,13H2. The molecule has 2 nitrogen and oxygen atoms in total. The van der Waals surface area contributed by atoms with Crippen LogP contribution in [0.5, 0.6) is 11.6 Å². The zero-order valence-corrected chi connectivity index (χ0v) is 11.4. The van der Waals surface area contributed by atoms with Crippen LogP contribution in [0.4, 0.5) is 4.39 Å². The van der Waals surface area contributed by atoms with Crippen LogP contribution in [0.1, 0.15) is 11.1 Å². The van der Waals surface area contributed by atoms with Crippen molar-refractivity contribution < 1.29 is 9.13 Å². The number of aromatic nitrogens is 1. The van der Waals surface area contributed by atoms with Crippen LogP contribution in [0.25, 0.3) is 0 Å². The summed E-state index contributed by atoms with van der Waals surface area (Å²) in [6.45, 7) is 0. The summed E-state index contributed by atoms with van der Waals surface area (Å²) >= 11 is 0. The maximum Gasteiger partial charge on any atom is 0.221 e. The second kappa shape index (κ2) is 6.18. The second-order valence-electron chi connectivity index (χ2n) is 4.71.